The Kier molecular flexibility index (Phi) is 4.54. The number of furan rings is 1. The highest BCUT2D eigenvalue weighted by Gasteiger charge is 2.37. The number of hydrogen-bond donors (Lipinski definition) is 1. The molecule has 5 nitrogen and oxygen atoms in total. The van der Waals surface area contributed by atoms with Crippen molar-refractivity contribution in [1.82, 2.24) is 0 Å². The lowest BCUT2D eigenvalue weighted by atomic mass is 10.5. The van der Waals surface area contributed by atoms with Gasteiger partial charge in [-0.25, -0.2) is 0 Å². The number of hydrogen-bond acceptors (Lipinski definition) is 5. The summed E-state index contributed by atoms with van der Waals surface area (Å²) in [4.78, 5) is 0. The van der Waals surface area contributed by atoms with Crippen molar-refractivity contribution < 1.29 is 23.1 Å². The van der Waals surface area contributed by atoms with Crippen LogP contribution in [0.15, 0.2) is 22.8 Å². The van der Waals surface area contributed by atoms with E-state index in [1.54, 1.807) is 19.9 Å². The van der Waals surface area contributed by atoms with E-state index >= 15 is 0 Å². The first-order valence-corrected chi connectivity index (χ1v) is 6.35. The first-order chi connectivity index (χ1) is 7.14. The molecule has 0 spiro atoms. The molecule has 0 aliphatic heterocycles. The zero-order valence-corrected chi connectivity index (χ0v) is 9.65. The minimum absolute atomic E-state index is 0.181. The largest absolute Gasteiger partial charge is 0.466 e. The van der Waals surface area contributed by atoms with Crippen molar-refractivity contribution in [3.63, 3.8) is 0 Å². The standard InChI is InChI=1S/C9H15O5P/c1-3-13-15(11,14-4-2)9(10)8-6-5-7-12-8/h5-7,9-10H,3-4H2,1-2H3/t9-/m1/s1. The summed E-state index contributed by atoms with van der Waals surface area (Å²) in [5, 5.41) is 9.78. The van der Waals surface area contributed by atoms with Crippen LogP contribution in [-0.2, 0) is 13.6 Å². The van der Waals surface area contributed by atoms with E-state index in [1.807, 2.05) is 0 Å². The Hall–Kier alpha value is -0.610. The number of aliphatic hydroxyl groups is 1. The quantitative estimate of drug-likeness (QED) is 0.766. The van der Waals surface area contributed by atoms with Crippen molar-refractivity contribution in [2.24, 2.45) is 0 Å². The van der Waals surface area contributed by atoms with E-state index < -0.39 is 13.4 Å². The Balaban J connectivity index is 2.84. The minimum Gasteiger partial charge on any atom is -0.466 e. The fourth-order valence-electron chi connectivity index (χ4n) is 1.13. The summed E-state index contributed by atoms with van der Waals surface area (Å²) in [7, 11) is -3.54. The Labute approximate surface area is 88.5 Å². The maximum atomic E-state index is 12.1. The molecule has 0 unspecified atom stereocenters. The molecule has 0 aliphatic carbocycles. The molecule has 0 radical (unpaired) electrons. The Morgan fingerprint density at radius 2 is 2.07 bits per heavy atom. The lowest BCUT2D eigenvalue weighted by Gasteiger charge is -2.20. The average Bonchev–Trinajstić information content (AvgIpc) is 2.70. The van der Waals surface area contributed by atoms with E-state index in [2.05, 4.69) is 0 Å². The molecule has 1 atom stereocenters. The van der Waals surface area contributed by atoms with Gasteiger partial charge in [0.2, 0.25) is 5.85 Å². The van der Waals surface area contributed by atoms with Crippen LogP contribution in [0.4, 0.5) is 0 Å². The summed E-state index contributed by atoms with van der Waals surface area (Å²) in [6, 6.07) is 3.12. The van der Waals surface area contributed by atoms with Gasteiger partial charge in [-0.2, -0.15) is 0 Å². The van der Waals surface area contributed by atoms with Crippen molar-refractivity contribution in [2.45, 2.75) is 19.7 Å². The van der Waals surface area contributed by atoms with Gasteiger partial charge in [-0.15, -0.1) is 0 Å². The third-order valence-electron chi connectivity index (χ3n) is 1.72. The van der Waals surface area contributed by atoms with Gasteiger partial charge < -0.3 is 18.6 Å². The third-order valence-corrected chi connectivity index (χ3v) is 3.81. The molecular formula is C9H15O5P. The van der Waals surface area contributed by atoms with Crippen LogP contribution in [0.3, 0.4) is 0 Å². The highest BCUT2D eigenvalue weighted by atomic mass is 31.2. The molecule has 0 aliphatic rings. The molecule has 86 valence electrons. The molecule has 1 heterocycles. The van der Waals surface area contributed by atoms with Crippen LogP contribution >= 0.6 is 7.60 Å². The Morgan fingerprint density at radius 1 is 1.47 bits per heavy atom. The van der Waals surface area contributed by atoms with Crippen LogP contribution in [0.5, 0.6) is 0 Å². The maximum absolute atomic E-state index is 12.1. The van der Waals surface area contributed by atoms with Crippen LogP contribution in [0, 0.1) is 0 Å². The summed E-state index contributed by atoms with van der Waals surface area (Å²) in [5.74, 6) is -1.19. The van der Waals surface area contributed by atoms with Crippen molar-refractivity contribution in [2.75, 3.05) is 13.2 Å². The second-order valence-corrected chi connectivity index (χ2v) is 4.85. The molecular weight excluding hydrogens is 219 g/mol. The van der Waals surface area contributed by atoms with Gasteiger partial charge in [0.05, 0.1) is 19.5 Å². The zero-order chi connectivity index (χ0) is 11.3. The highest BCUT2D eigenvalue weighted by Crippen LogP contribution is 2.59. The summed E-state index contributed by atoms with van der Waals surface area (Å²) < 4.78 is 27.0. The van der Waals surface area contributed by atoms with Gasteiger partial charge in [0.15, 0.2) is 0 Å². The first-order valence-electron chi connectivity index (χ1n) is 4.74. The van der Waals surface area contributed by atoms with Crippen molar-refractivity contribution in [1.29, 1.82) is 0 Å². The normalized spacial score (nSPS) is 14.1. The maximum Gasteiger partial charge on any atom is 0.366 e. The van der Waals surface area contributed by atoms with Gasteiger partial charge in [0.1, 0.15) is 5.76 Å². The highest BCUT2D eigenvalue weighted by molar-refractivity contribution is 7.54. The molecule has 0 fully saturated rings. The second kappa shape index (κ2) is 5.47. The molecule has 0 amide bonds. The van der Waals surface area contributed by atoms with Gasteiger partial charge in [-0.1, -0.05) is 0 Å². The third kappa shape index (κ3) is 2.92. The Morgan fingerprint density at radius 3 is 2.47 bits per heavy atom. The fourth-order valence-corrected chi connectivity index (χ4v) is 2.67. The summed E-state index contributed by atoms with van der Waals surface area (Å²) in [6.07, 6.45) is 1.39. The van der Waals surface area contributed by atoms with Crippen molar-refractivity contribution in [3.8, 4) is 0 Å². The van der Waals surface area contributed by atoms with Crippen LogP contribution in [-0.4, -0.2) is 18.3 Å². The predicted molar refractivity (Wildman–Crippen MR) is 54.5 cm³/mol. The van der Waals surface area contributed by atoms with E-state index in [9.17, 15) is 9.67 Å². The molecule has 1 rings (SSSR count). The van der Waals surface area contributed by atoms with Gasteiger partial charge in [-0.3, -0.25) is 4.57 Å². The van der Waals surface area contributed by atoms with Crippen LogP contribution < -0.4 is 0 Å². The van der Waals surface area contributed by atoms with Crippen LogP contribution in [0.1, 0.15) is 25.5 Å². The number of aliphatic hydroxyl groups excluding tert-OH is 1. The second-order valence-electron chi connectivity index (χ2n) is 2.76. The van der Waals surface area contributed by atoms with Crippen LogP contribution in [0.2, 0.25) is 0 Å². The Bertz CT molecular complexity index is 311. The van der Waals surface area contributed by atoms with E-state index in [-0.39, 0.29) is 19.0 Å². The molecule has 1 aromatic rings. The zero-order valence-electron chi connectivity index (χ0n) is 8.75. The summed E-state index contributed by atoms with van der Waals surface area (Å²) in [5.41, 5.74) is 0. The first kappa shape index (κ1) is 12.5. The van der Waals surface area contributed by atoms with Gasteiger partial charge >= 0.3 is 7.60 Å². The molecule has 0 saturated carbocycles. The van der Waals surface area contributed by atoms with E-state index in [0.717, 1.165) is 0 Å². The lowest BCUT2D eigenvalue weighted by molar-refractivity contribution is 0.137. The van der Waals surface area contributed by atoms with Crippen LogP contribution in [0.25, 0.3) is 0 Å². The average molecular weight is 234 g/mol. The van der Waals surface area contributed by atoms with Crippen molar-refractivity contribution in [3.05, 3.63) is 24.2 Å². The van der Waals surface area contributed by atoms with E-state index in [0.29, 0.717) is 0 Å². The lowest BCUT2D eigenvalue weighted by Crippen LogP contribution is -2.05. The molecule has 1 aromatic heterocycles. The monoisotopic (exact) mass is 234 g/mol. The molecule has 15 heavy (non-hydrogen) atoms. The molecule has 0 aromatic carbocycles. The van der Waals surface area contributed by atoms with Crippen molar-refractivity contribution >= 4 is 7.60 Å². The van der Waals surface area contributed by atoms with E-state index in [1.165, 1.54) is 12.3 Å². The molecule has 6 heteroatoms. The summed E-state index contributed by atoms with van der Waals surface area (Å²) >= 11 is 0. The van der Waals surface area contributed by atoms with Gasteiger partial charge in [0.25, 0.3) is 0 Å². The summed E-state index contributed by atoms with van der Waals surface area (Å²) in [6.45, 7) is 3.77. The SMILES string of the molecule is CCOP(=O)(OCC)[C@@H](O)c1ccco1. The fraction of sp³-hybridized carbons (Fsp3) is 0.556. The van der Waals surface area contributed by atoms with Gasteiger partial charge in [-0.05, 0) is 26.0 Å². The number of rotatable bonds is 6. The smallest absolute Gasteiger partial charge is 0.366 e. The molecule has 0 bridgehead atoms. The predicted octanol–water partition coefficient (Wildman–Crippen LogP) is 2.54. The topological polar surface area (TPSA) is 68.9 Å². The van der Waals surface area contributed by atoms with E-state index in [4.69, 9.17) is 13.5 Å². The molecule has 0 saturated heterocycles. The molecule has 1 N–H and O–H groups in total. The minimum atomic E-state index is -3.54. The van der Waals surface area contributed by atoms with Gasteiger partial charge in [0, 0.05) is 0 Å².